The summed E-state index contributed by atoms with van der Waals surface area (Å²) in [6, 6.07) is 19.4. The molecule has 0 fully saturated rings. The van der Waals surface area contributed by atoms with E-state index in [4.69, 9.17) is 5.73 Å². The van der Waals surface area contributed by atoms with Crippen molar-refractivity contribution in [1.82, 2.24) is 15.3 Å². The molecule has 8 heteroatoms. The first-order valence-electron chi connectivity index (χ1n) is 11.6. The minimum Gasteiger partial charge on any atom is -0.343 e. The molecule has 0 bridgehead atoms. The smallest absolute Gasteiger partial charge is 0.251 e. The van der Waals surface area contributed by atoms with Crippen LogP contribution in [-0.2, 0) is 10.2 Å². The van der Waals surface area contributed by atoms with E-state index in [1.165, 1.54) is 11.3 Å². The van der Waals surface area contributed by atoms with Crippen LogP contribution in [0.3, 0.4) is 0 Å². The molecule has 0 unspecified atom stereocenters. The minimum atomic E-state index is -0.344. The topological polar surface area (TPSA) is 110 Å². The molecule has 36 heavy (non-hydrogen) atoms. The van der Waals surface area contributed by atoms with E-state index in [0.717, 1.165) is 33.6 Å². The van der Waals surface area contributed by atoms with E-state index in [1.54, 1.807) is 12.3 Å². The number of aryl methyl sites for hydroxylation is 1. The Balaban J connectivity index is 1.37. The Morgan fingerprint density at radius 1 is 1.00 bits per heavy atom. The zero-order chi connectivity index (χ0) is 25.7. The molecule has 0 aliphatic heterocycles. The van der Waals surface area contributed by atoms with Crippen molar-refractivity contribution in [3.05, 3.63) is 89.1 Å². The van der Waals surface area contributed by atoms with E-state index in [9.17, 15) is 9.59 Å². The van der Waals surface area contributed by atoms with E-state index in [-0.39, 0.29) is 23.8 Å². The van der Waals surface area contributed by atoms with Crippen molar-refractivity contribution in [2.24, 2.45) is 5.73 Å². The molecule has 0 saturated carbocycles. The van der Waals surface area contributed by atoms with Gasteiger partial charge in [-0.05, 0) is 53.9 Å². The largest absolute Gasteiger partial charge is 0.343 e. The summed E-state index contributed by atoms with van der Waals surface area (Å²) in [6.07, 6.45) is 1.80. The number of carbonyl (C=O) groups is 2. The molecule has 2 heterocycles. The van der Waals surface area contributed by atoms with E-state index < -0.39 is 0 Å². The third kappa shape index (κ3) is 6.02. The van der Waals surface area contributed by atoms with Gasteiger partial charge in [0.25, 0.3) is 5.91 Å². The molecule has 184 valence electrons. The van der Waals surface area contributed by atoms with Crippen molar-refractivity contribution < 1.29 is 9.59 Å². The van der Waals surface area contributed by atoms with Crippen LogP contribution in [0.4, 0.5) is 5.13 Å². The summed E-state index contributed by atoms with van der Waals surface area (Å²) in [6.45, 7) is 6.32. The lowest BCUT2D eigenvalue weighted by Crippen LogP contribution is -2.33. The number of pyridine rings is 1. The standard InChI is InChI=1S/C28H29N5O2S/c1-18-12-20(10-11-30-18)19-6-4-7-21(13-19)24-16-36-27(32-24)33-25(34)15-31-26(35)22-8-5-9-23(14-22)28(2,3)17-29/h4-14,16H,15,17,29H2,1-3H3,(H,31,35)(H,32,33,34). The maximum atomic E-state index is 12.6. The third-order valence-corrected chi connectivity index (χ3v) is 6.72. The highest BCUT2D eigenvalue weighted by atomic mass is 32.1. The maximum absolute atomic E-state index is 12.6. The summed E-state index contributed by atoms with van der Waals surface area (Å²) in [7, 11) is 0. The number of thiazole rings is 1. The zero-order valence-electron chi connectivity index (χ0n) is 20.5. The molecule has 0 aliphatic carbocycles. The van der Waals surface area contributed by atoms with Gasteiger partial charge in [0.2, 0.25) is 5.91 Å². The average Bonchev–Trinajstić information content (AvgIpc) is 3.36. The van der Waals surface area contributed by atoms with Crippen molar-refractivity contribution in [3.8, 4) is 22.4 Å². The van der Waals surface area contributed by atoms with E-state index in [0.29, 0.717) is 17.2 Å². The summed E-state index contributed by atoms with van der Waals surface area (Å²) in [5.41, 5.74) is 11.9. The van der Waals surface area contributed by atoms with Gasteiger partial charge in [0.15, 0.2) is 5.13 Å². The van der Waals surface area contributed by atoms with Gasteiger partial charge in [0.1, 0.15) is 0 Å². The predicted molar refractivity (Wildman–Crippen MR) is 145 cm³/mol. The molecule has 4 N–H and O–H groups in total. The Morgan fingerprint density at radius 3 is 2.53 bits per heavy atom. The van der Waals surface area contributed by atoms with Gasteiger partial charge in [-0.3, -0.25) is 14.6 Å². The number of aromatic nitrogens is 2. The number of benzene rings is 2. The number of amides is 2. The summed E-state index contributed by atoms with van der Waals surface area (Å²) in [5.74, 6) is -0.661. The van der Waals surface area contributed by atoms with Crippen LogP contribution in [0.5, 0.6) is 0 Å². The van der Waals surface area contributed by atoms with Crippen LogP contribution in [0.2, 0.25) is 0 Å². The molecule has 7 nitrogen and oxygen atoms in total. The fraction of sp³-hybridized carbons (Fsp3) is 0.214. The summed E-state index contributed by atoms with van der Waals surface area (Å²) in [5, 5.41) is 7.81. The molecule has 2 aromatic carbocycles. The number of nitrogens with two attached hydrogens (primary N) is 1. The molecule has 0 saturated heterocycles. The Kier molecular flexibility index (Phi) is 7.57. The van der Waals surface area contributed by atoms with Crippen LogP contribution in [0.15, 0.2) is 72.2 Å². The Hall–Kier alpha value is -3.88. The fourth-order valence-electron chi connectivity index (χ4n) is 3.67. The summed E-state index contributed by atoms with van der Waals surface area (Å²) < 4.78 is 0. The van der Waals surface area contributed by atoms with Gasteiger partial charge in [-0.1, -0.05) is 44.2 Å². The average molecular weight is 500 g/mol. The van der Waals surface area contributed by atoms with Crippen molar-refractivity contribution in [2.75, 3.05) is 18.4 Å². The fourth-order valence-corrected chi connectivity index (χ4v) is 4.41. The van der Waals surface area contributed by atoms with Gasteiger partial charge in [-0.2, -0.15) is 0 Å². The van der Waals surface area contributed by atoms with Crippen LogP contribution < -0.4 is 16.4 Å². The van der Waals surface area contributed by atoms with Crippen LogP contribution >= 0.6 is 11.3 Å². The van der Waals surface area contributed by atoms with Crippen LogP contribution in [-0.4, -0.2) is 34.9 Å². The SMILES string of the molecule is Cc1cc(-c2cccc(-c3csc(NC(=O)CNC(=O)c4cccc(C(C)(C)CN)c4)n3)c2)ccn1. The number of nitrogens with zero attached hydrogens (tertiary/aromatic N) is 2. The van der Waals surface area contributed by atoms with Gasteiger partial charge >= 0.3 is 0 Å². The lowest BCUT2D eigenvalue weighted by Gasteiger charge is -2.23. The molecular formula is C28H29N5O2S. The first-order chi connectivity index (χ1) is 17.2. The van der Waals surface area contributed by atoms with Crippen molar-refractivity contribution in [3.63, 3.8) is 0 Å². The van der Waals surface area contributed by atoms with Crippen molar-refractivity contribution >= 4 is 28.3 Å². The molecule has 2 amide bonds. The summed E-state index contributed by atoms with van der Waals surface area (Å²) >= 11 is 1.34. The monoisotopic (exact) mass is 499 g/mol. The molecule has 0 spiro atoms. The molecule has 0 atom stereocenters. The van der Waals surface area contributed by atoms with Crippen molar-refractivity contribution in [2.45, 2.75) is 26.2 Å². The number of hydrogen-bond donors (Lipinski definition) is 3. The molecule has 4 aromatic rings. The molecule has 4 rings (SSSR count). The van der Waals surface area contributed by atoms with Crippen LogP contribution in [0.1, 0.15) is 35.5 Å². The third-order valence-electron chi connectivity index (χ3n) is 5.96. The first-order valence-corrected chi connectivity index (χ1v) is 12.5. The van der Waals surface area contributed by atoms with Gasteiger partial charge in [0, 0.05) is 40.4 Å². The lowest BCUT2D eigenvalue weighted by molar-refractivity contribution is -0.115. The lowest BCUT2D eigenvalue weighted by atomic mass is 9.84. The van der Waals surface area contributed by atoms with Crippen molar-refractivity contribution in [1.29, 1.82) is 0 Å². The molecule has 0 radical (unpaired) electrons. The quantitative estimate of drug-likeness (QED) is 0.323. The zero-order valence-corrected chi connectivity index (χ0v) is 21.4. The first kappa shape index (κ1) is 25.2. The highest BCUT2D eigenvalue weighted by Gasteiger charge is 2.20. The second-order valence-electron chi connectivity index (χ2n) is 9.20. The Morgan fingerprint density at radius 2 is 1.75 bits per heavy atom. The van der Waals surface area contributed by atoms with Gasteiger partial charge in [-0.15, -0.1) is 11.3 Å². The minimum absolute atomic E-state index is 0.158. The number of carbonyl (C=O) groups excluding carboxylic acids is 2. The molecule has 2 aromatic heterocycles. The van der Waals surface area contributed by atoms with Gasteiger partial charge in [-0.25, -0.2) is 4.98 Å². The highest BCUT2D eigenvalue weighted by Crippen LogP contribution is 2.29. The normalized spacial score (nSPS) is 11.2. The van der Waals surface area contributed by atoms with Gasteiger partial charge < -0.3 is 16.4 Å². The Bertz CT molecular complexity index is 1400. The highest BCUT2D eigenvalue weighted by molar-refractivity contribution is 7.14. The van der Waals surface area contributed by atoms with Crippen LogP contribution in [0, 0.1) is 6.92 Å². The Labute approximate surface area is 214 Å². The second-order valence-corrected chi connectivity index (χ2v) is 10.1. The number of rotatable bonds is 8. The molecular weight excluding hydrogens is 470 g/mol. The number of nitrogens with one attached hydrogen (secondary N) is 2. The number of anilines is 1. The second kappa shape index (κ2) is 10.8. The van der Waals surface area contributed by atoms with Gasteiger partial charge in [0.05, 0.1) is 12.2 Å². The van der Waals surface area contributed by atoms with Crippen LogP contribution in [0.25, 0.3) is 22.4 Å². The van der Waals surface area contributed by atoms with E-state index in [2.05, 4.69) is 26.7 Å². The molecule has 0 aliphatic rings. The number of hydrogen-bond acceptors (Lipinski definition) is 6. The van der Waals surface area contributed by atoms with E-state index >= 15 is 0 Å². The maximum Gasteiger partial charge on any atom is 0.251 e. The van der Waals surface area contributed by atoms with E-state index in [1.807, 2.05) is 74.7 Å². The predicted octanol–water partition coefficient (Wildman–Crippen LogP) is 4.79. The summed E-state index contributed by atoms with van der Waals surface area (Å²) in [4.78, 5) is 33.9.